The lowest BCUT2D eigenvalue weighted by atomic mass is 9.95. The minimum absolute atomic E-state index is 0.132. The van der Waals surface area contributed by atoms with E-state index in [0.29, 0.717) is 22.7 Å². The van der Waals surface area contributed by atoms with Gasteiger partial charge in [0, 0.05) is 15.4 Å². The number of nitrogens with two attached hydrogens (primary N) is 1. The zero-order valence-electron chi connectivity index (χ0n) is 18.9. The van der Waals surface area contributed by atoms with Crippen molar-refractivity contribution in [1.29, 1.82) is 0 Å². The fourth-order valence-corrected chi connectivity index (χ4v) is 5.15. The van der Waals surface area contributed by atoms with Crippen LogP contribution in [0.2, 0.25) is 0 Å². The van der Waals surface area contributed by atoms with Gasteiger partial charge in [0.1, 0.15) is 10.8 Å². The first-order valence-corrected chi connectivity index (χ1v) is 11.8. The van der Waals surface area contributed by atoms with Crippen molar-refractivity contribution in [1.82, 2.24) is 0 Å². The SMILES string of the molecule is [N-]=[N+]=NCOC(=O)c1ccc(N(N)C(=O)c2c(NC(=O)c3cccc(F)c3)sc3c2CCCC3)cc1. The number of rotatable bonds is 7. The van der Waals surface area contributed by atoms with E-state index in [4.69, 9.17) is 16.1 Å². The fourth-order valence-electron chi connectivity index (χ4n) is 3.88. The zero-order valence-corrected chi connectivity index (χ0v) is 19.8. The molecule has 1 heterocycles. The molecule has 2 amide bonds. The van der Waals surface area contributed by atoms with Gasteiger partial charge in [-0.05, 0) is 79.2 Å². The van der Waals surface area contributed by atoms with Crippen molar-refractivity contribution in [2.75, 3.05) is 17.1 Å². The van der Waals surface area contributed by atoms with Crippen molar-refractivity contribution in [2.24, 2.45) is 11.0 Å². The maximum absolute atomic E-state index is 13.6. The smallest absolute Gasteiger partial charge is 0.338 e. The molecule has 1 aliphatic carbocycles. The maximum Gasteiger partial charge on any atom is 0.338 e. The number of nitrogens with one attached hydrogen (secondary N) is 1. The van der Waals surface area contributed by atoms with Gasteiger partial charge < -0.3 is 10.1 Å². The van der Waals surface area contributed by atoms with Crippen molar-refractivity contribution >= 4 is 39.8 Å². The van der Waals surface area contributed by atoms with Crippen molar-refractivity contribution < 1.29 is 23.5 Å². The molecule has 12 heteroatoms. The van der Waals surface area contributed by atoms with Crippen LogP contribution in [0.15, 0.2) is 53.6 Å². The first-order chi connectivity index (χ1) is 17.4. The Labute approximate surface area is 209 Å². The highest BCUT2D eigenvalue weighted by atomic mass is 32.1. The molecule has 3 N–H and O–H groups in total. The first-order valence-electron chi connectivity index (χ1n) is 11.0. The number of hydrazine groups is 1. The van der Waals surface area contributed by atoms with E-state index in [0.717, 1.165) is 40.8 Å². The molecule has 4 rings (SSSR count). The number of hydrogen-bond donors (Lipinski definition) is 2. The van der Waals surface area contributed by atoms with Gasteiger partial charge in [-0.1, -0.05) is 11.2 Å². The van der Waals surface area contributed by atoms with Gasteiger partial charge in [-0.25, -0.2) is 20.0 Å². The number of hydrogen-bond acceptors (Lipinski definition) is 7. The quantitative estimate of drug-likeness (QED) is 0.0879. The minimum Gasteiger partial charge on any atom is -0.456 e. The van der Waals surface area contributed by atoms with Gasteiger partial charge in [0.05, 0.1) is 16.8 Å². The predicted octanol–water partition coefficient (Wildman–Crippen LogP) is 4.96. The van der Waals surface area contributed by atoms with Gasteiger partial charge in [-0.15, -0.1) is 11.3 Å². The van der Waals surface area contributed by atoms with E-state index in [1.807, 2.05) is 0 Å². The highest BCUT2D eigenvalue weighted by Crippen LogP contribution is 2.39. The summed E-state index contributed by atoms with van der Waals surface area (Å²) in [5.41, 5.74) is 10.0. The van der Waals surface area contributed by atoms with E-state index >= 15 is 0 Å². The highest BCUT2D eigenvalue weighted by molar-refractivity contribution is 7.17. The second-order valence-electron chi connectivity index (χ2n) is 7.89. The Kier molecular flexibility index (Phi) is 7.59. The maximum atomic E-state index is 13.6. The number of halogens is 1. The Bertz CT molecular complexity index is 1370. The summed E-state index contributed by atoms with van der Waals surface area (Å²) in [5, 5.41) is 7.21. The number of ether oxygens (including phenoxy) is 1. The lowest BCUT2D eigenvalue weighted by molar-refractivity contribution is 0.0515. The summed E-state index contributed by atoms with van der Waals surface area (Å²) in [4.78, 5) is 41.8. The highest BCUT2D eigenvalue weighted by Gasteiger charge is 2.29. The summed E-state index contributed by atoms with van der Waals surface area (Å²) in [6.45, 7) is -0.439. The molecule has 0 fully saturated rings. The molecule has 2 aromatic carbocycles. The number of thiophene rings is 1. The molecule has 1 aliphatic rings. The van der Waals surface area contributed by atoms with Crippen LogP contribution in [-0.2, 0) is 17.6 Å². The van der Waals surface area contributed by atoms with Crippen molar-refractivity contribution in [2.45, 2.75) is 25.7 Å². The van der Waals surface area contributed by atoms with Gasteiger partial charge in [-0.2, -0.15) is 0 Å². The number of azide groups is 1. The molecule has 10 nitrogen and oxygen atoms in total. The summed E-state index contributed by atoms with van der Waals surface area (Å²) in [6, 6.07) is 11.1. The standard InChI is InChI=1S/C24H21FN6O4S/c25-16-5-3-4-15(12-16)21(32)29-22-20(18-6-1-2-7-19(18)36-22)23(33)31(27)17-10-8-14(9-11-17)24(34)35-13-28-30-26/h3-5,8-12H,1-2,6-7,13,27H2,(H,29,32). The van der Waals surface area contributed by atoms with Crippen LogP contribution in [0.1, 0.15) is 54.4 Å². The lowest BCUT2D eigenvalue weighted by Crippen LogP contribution is -2.38. The number of esters is 1. The second-order valence-corrected chi connectivity index (χ2v) is 9.00. The molecule has 0 bridgehead atoms. The molecular weight excluding hydrogens is 487 g/mol. The zero-order chi connectivity index (χ0) is 25.7. The number of carbonyl (C=O) groups is 3. The number of amides is 2. The number of aryl methyl sites for hydroxylation is 1. The summed E-state index contributed by atoms with van der Waals surface area (Å²) >= 11 is 1.32. The Morgan fingerprint density at radius 1 is 1.14 bits per heavy atom. The topological polar surface area (TPSA) is 150 Å². The average Bonchev–Trinajstić information content (AvgIpc) is 3.25. The molecule has 36 heavy (non-hydrogen) atoms. The number of benzene rings is 2. The van der Waals surface area contributed by atoms with Crippen LogP contribution in [0.5, 0.6) is 0 Å². The molecule has 0 radical (unpaired) electrons. The third-order valence-electron chi connectivity index (χ3n) is 5.62. The van der Waals surface area contributed by atoms with E-state index in [1.54, 1.807) is 0 Å². The van der Waals surface area contributed by atoms with Crippen molar-refractivity contribution in [3.8, 4) is 0 Å². The number of carbonyl (C=O) groups excluding carboxylic acids is 3. The third-order valence-corrected chi connectivity index (χ3v) is 6.82. The number of nitrogens with zero attached hydrogens (tertiary/aromatic N) is 4. The van der Waals surface area contributed by atoms with Crippen LogP contribution in [0.4, 0.5) is 15.1 Å². The molecule has 0 spiro atoms. The Balaban J connectivity index is 1.59. The van der Waals surface area contributed by atoms with E-state index in [2.05, 4.69) is 15.3 Å². The largest absolute Gasteiger partial charge is 0.456 e. The molecule has 184 valence electrons. The number of anilines is 2. The molecule has 0 aliphatic heterocycles. The molecule has 0 saturated carbocycles. The summed E-state index contributed by atoms with van der Waals surface area (Å²) in [6.07, 6.45) is 3.33. The number of fused-ring (bicyclic) bond motifs is 1. The van der Waals surface area contributed by atoms with E-state index in [-0.39, 0.29) is 11.1 Å². The fraction of sp³-hybridized carbons (Fsp3) is 0.208. The first kappa shape index (κ1) is 24.9. The Morgan fingerprint density at radius 3 is 2.61 bits per heavy atom. The Hall–Kier alpha value is -4.25. The van der Waals surface area contributed by atoms with Gasteiger partial charge in [0.15, 0.2) is 6.73 Å². The van der Waals surface area contributed by atoms with Crippen LogP contribution in [0.3, 0.4) is 0 Å². The summed E-state index contributed by atoms with van der Waals surface area (Å²) in [5.74, 6) is 3.88. The van der Waals surface area contributed by atoms with E-state index < -0.39 is 30.3 Å². The minimum atomic E-state index is -0.696. The summed E-state index contributed by atoms with van der Waals surface area (Å²) < 4.78 is 18.4. The van der Waals surface area contributed by atoms with E-state index in [1.165, 1.54) is 53.8 Å². The van der Waals surface area contributed by atoms with Crippen LogP contribution in [0.25, 0.3) is 10.4 Å². The molecule has 0 saturated heterocycles. The molecular formula is C24H21FN6O4S. The normalized spacial score (nSPS) is 12.2. The van der Waals surface area contributed by atoms with Crippen molar-refractivity contribution in [3.63, 3.8) is 0 Å². The lowest BCUT2D eigenvalue weighted by Gasteiger charge is -2.20. The van der Waals surface area contributed by atoms with Crippen molar-refractivity contribution in [3.05, 3.63) is 91.9 Å². The Morgan fingerprint density at radius 2 is 1.89 bits per heavy atom. The molecule has 3 aromatic rings. The van der Waals surface area contributed by atoms with Gasteiger partial charge in [-0.3, -0.25) is 9.59 Å². The van der Waals surface area contributed by atoms with Crippen LogP contribution < -0.4 is 16.2 Å². The van der Waals surface area contributed by atoms with E-state index in [9.17, 15) is 18.8 Å². The molecule has 1 aromatic heterocycles. The molecule has 0 atom stereocenters. The predicted molar refractivity (Wildman–Crippen MR) is 132 cm³/mol. The third kappa shape index (κ3) is 5.36. The van der Waals surface area contributed by atoms with Gasteiger partial charge >= 0.3 is 5.97 Å². The monoisotopic (exact) mass is 508 g/mol. The van der Waals surface area contributed by atoms with Gasteiger partial charge in [0.25, 0.3) is 11.8 Å². The average molecular weight is 509 g/mol. The van der Waals surface area contributed by atoms with Crippen LogP contribution in [-0.4, -0.2) is 24.5 Å². The second kappa shape index (κ2) is 11.0. The van der Waals surface area contributed by atoms with Crippen LogP contribution >= 0.6 is 11.3 Å². The van der Waals surface area contributed by atoms with Crippen LogP contribution in [0, 0.1) is 5.82 Å². The summed E-state index contributed by atoms with van der Waals surface area (Å²) in [7, 11) is 0. The molecule has 0 unspecified atom stereocenters. The van der Waals surface area contributed by atoms with Gasteiger partial charge in [0.2, 0.25) is 0 Å².